The van der Waals surface area contributed by atoms with Gasteiger partial charge in [-0.2, -0.15) is 0 Å². The first-order chi connectivity index (χ1) is 8.34. The third kappa shape index (κ3) is 4.64. The molecule has 18 heavy (non-hydrogen) atoms. The first kappa shape index (κ1) is 14.9. The Morgan fingerprint density at radius 3 is 2.61 bits per heavy atom. The van der Waals surface area contributed by atoms with Gasteiger partial charge in [0.15, 0.2) is 0 Å². The molecule has 0 bridgehead atoms. The number of rotatable bonds is 5. The molecule has 100 valence electrons. The quantitative estimate of drug-likeness (QED) is 0.863. The van der Waals surface area contributed by atoms with Gasteiger partial charge in [0, 0.05) is 10.7 Å². The molecule has 0 aliphatic rings. The summed E-state index contributed by atoms with van der Waals surface area (Å²) in [7, 11) is -3.36. The largest absolute Gasteiger partial charge is 0.325 e. The molecule has 0 saturated heterocycles. The van der Waals surface area contributed by atoms with Crippen molar-refractivity contribution in [3.8, 4) is 0 Å². The molecule has 1 aromatic rings. The molecule has 0 saturated carbocycles. The van der Waals surface area contributed by atoms with Crippen LogP contribution in [0.5, 0.6) is 0 Å². The zero-order valence-electron chi connectivity index (χ0n) is 10.2. The van der Waals surface area contributed by atoms with Crippen LogP contribution in [0.3, 0.4) is 0 Å². The van der Waals surface area contributed by atoms with Crippen molar-refractivity contribution < 1.29 is 13.2 Å². The number of hydrogen-bond acceptors (Lipinski definition) is 3. The van der Waals surface area contributed by atoms with Gasteiger partial charge in [-0.25, -0.2) is 13.1 Å². The van der Waals surface area contributed by atoms with E-state index in [1.54, 1.807) is 18.2 Å². The third-order valence-corrected chi connectivity index (χ3v) is 4.04. The Morgan fingerprint density at radius 1 is 1.39 bits per heavy atom. The number of sulfonamides is 1. The van der Waals surface area contributed by atoms with Crippen LogP contribution < -0.4 is 10.0 Å². The van der Waals surface area contributed by atoms with Gasteiger partial charge in [0.25, 0.3) is 0 Å². The predicted molar refractivity (Wildman–Crippen MR) is 72.3 cm³/mol. The molecule has 0 radical (unpaired) electrons. The van der Waals surface area contributed by atoms with Crippen molar-refractivity contribution in [2.24, 2.45) is 0 Å². The topological polar surface area (TPSA) is 75.3 Å². The number of benzene rings is 1. The van der Waals surface area contributed by atoms with Crippen molar-refractivity contribution in [2.75, 3.05) is 17.6 Å². The maximum Gasteiger partial charge on any atom is 0.239 e. The molecule has 0 spiro atoms. The molecule has 0 atom stereocenters. The van der Waals surface area contributed by atoms with Crippen LogP contribution in [0.25, 0.3) is 0 Å². The second kappa shape index (κ2) is 6.17. The smallest absolute Gasteiger partial charge is 0.239 e. The summed E-state index contributed by atoms with van der Waals surface area (Å²) < 4.78 is 24.5. The van der Waals surface area contributed by atoms with E-state index in [1.807, 2.05) is 6.92 Å². The van der Waals surface area contributed by atoms with Gasteiger partial charge < -0.3 is 5.32 Å². The summed E-state index contributed by atoms with van der Waals surface area (Å²) in [5, 5.41) is 3.10. The Hall–Kier alpha value is -1.11. The Balaban J connectivity index is 2.57. The Kier molecular flexibility index (Phi) is 5.13. The fourth-order valence-corrected chi connectivity index (χ4v) is 1.89. The van der Waals surface area contributed by atoms with Crippen molar-refractivity contribution in [2.45, 2.75) is 13.8 Å². The monoisotopic (exact) mass is 290 g/mol. The minimum atomic E-state index is -3.36. The molecule has 0 aliphatic heterocycles. The van der Waals surface area contributed by atoms with E-state index in [0.717, 1.165) is 5.56 Å². The van der Waals surface area contributed by atoms with Crippen LogP contribution in [0.4, 0.5) is 5.69 Å². The number of anilines is 1. The van der Waals surface area contributed by atoms with Crippen molar-refractivity contribution in [3.63, 3.8) is 0 Å². The van der Waals surface area contributed by atoms with E-state index in [9.17, 15) is 13.2 Å². The van der Waals surface area contributed by atoms with Gasteiger partial charge in [-0.15, -0.1) is 0 Å². The van der Waals surface area contributed by atoms with E-state index in [4.69, 9.17) is 11.6 Å². The third-order valence-electron chi connectivity index (χ3n) is 2.29. The number of amides is 1. The van der Waals surface area contributed by atoms with Gasteiger partial charge in [-0.05, 0) is 31.5 Å². The minimum Gasteiger partial charge on any atom is -0.325 e. The first-order valence-corrected chi connectivity index (χ1v) is 7.40. The lowest BCUT2D eigenvalue weighted by molar-refractivity contribution is -0.115. The Morgan fingerprint density at radius 2 is 2.06 bits per heavy atom. The lowest BCUT2D eigenvalue weighted by Gasteiger charge is -2.07. The van der Waals surface area contributed by atoms with Crippen molar-refractivity contribution in [1.29, 1.82) is 0 Å². The van der Waals surface area contributed by atoms with Gasteiger partial charge in [0.05, 0.1) is 12.3 Å². The molecule has 1 amide bonds. The van der Waals surface area contributed by atoms with Gasteiger partial charge in [0.1, 0.15) is 0 Å². The number of aryl methyl sites for hydroxylation is 1. The highest BCUT2D eigenvalue weighted by atomic mass is 35.5. The average Bonchev–Trinajstić information content (AvgIpc) is 2.32. The zero-order chi connectivity index (χ0) is 13.8. The molecule has 0 unspecified atom stereocenters. The molecule has 0 aliphatic carbocycles. The van der Waals surface area contributed by atoms with E-state index >= 15 is 0 Å². The van der Waals surface area contributed by atoms with Crippen LogP contribution in [-0.2, 0) is 14.8 Å². The van der Waals surface area contributed by atoms with Crippen LogP contribution in [0.2, 0.25) is 5.02 Å². The average molecular weight is 291 g/mol. The van der Waals surface area contributed by atoms with E-state index in [2.05, 4.69) is 10.0 Å². The summed E-state index contributed by atoms with van der Waals surface area (Å²) in [4.78, 5) is 11.5. The van der Waals surface area contributed by atoms with Crippen molar-refractivity contribution >= 4 is 33.2 Å². The molecule has 0 aromatic heterocycles. The van der Waals surface area contributed by atoms with E-state index in [0.29, 0.717) is 10.7 Å². The Labute approximate surface area is 112 Å². The number of halogens is 1. The van der Waals surface area contributed by atoms with Crippen molar-refractivity contribution in [1.82, 2.24) is 4.72 Å². The summed E-state index contributed by atoms with van der Waals surface area (Å²) in [5.74, 6) is -0.497. The first-order valence-electron chi connectivity index (χ1n) is 5.37. The normalized spacial score (nSPS) is 11.3. The zero-order valence-corrected chi connectivity index (χ0v) is 11.7. The standard InChI is InChI=1S/C11H15ClN2O3S/c1-3-18(16,17)13-7-11(15)14-9-5-4-8(2)10(12)6-9/h4-6,13H,3,7H2,1-2H3,(H,14,15). The summed E-state index contributed by atoms with van der Waals surface area (Å²) in [5.41, 5.74) is 1.44. The molecule has 2 N–H and O–H groups in total. The molecule has 5 nitrogen and oxygen atoms in total. The fraction of sp³-hybridized carbons (Fsp3) is 0.364. The summed E-state index contributed by atoms with van der Waals surface area (Å²) in [6.45, 7) is 3.06. The van der Waals surface area contributed by atoms with Crippen LogP contribution in [-0.4, -0.2) is 26.6 Å². The van der Waals surface area contributed by atoms with Gasteiger partial charge in [-0.3, -0.25) is 4.79 Å². The van der Waals surface area contributed by atoms with E-state index < -0.39 is 15.9 Å². The lowest BCUT2D eigenvalue weighted by atomic mass is 10.2. The second-order valence-corrected chi connectivity index (χ2v) is 6.24. The van der Waals surface area contributed by atoms with E-state index in [1.165, 1.54) is 6.92 Å². The van der Waals surface area contributed by atoms with Crippen molar-refractivity contribution in [3.05, 3.63) is 28.8 Å². The van der Waals surface area contributed by atoms with E-state index in [-0.39, 0.29) is 12.3 Å². The van der Waals surface area contributed by atoms with Crippen LogP contribution >= 0.6 is 11.6 Å². The van der Waals surface area contributed by atoms with Gasteiger partial charge >= 0.3 is 0 Å². The molecule has 1 rings (SSSR count). The highest BCUT2D eigenvalue weighted by Crippen LogP contribution is 2.19. The number of carbonyl (C=O) groups is 1. The Bertz CT molecular complexity index is 543. The molecule has 7 heteroatoms. The van der Waals surface area contributed by atoms with Gasteiger partial charge in [0.2, 0.25) is 15.9 Å². The molecule has 1 aromatic carbocycles. The predicted octanol–water partition coefficient (Wildman–Crippen LogP) is 1.53. The SMILES string of the molecule is CCS(=O)(=O)NCC(=O)Nc1ccc(C)c(Cl)c1. The summed E-state index contributed by atoms with van der Waals surface area (Å²) >= 11 is 5.91. The molecule has 0 heterocycles. The molecular weight excluding hydrogens is 276 g/mol. The van der Waals surface area contributed by atoms with Crippen LogP contribution in [0.15, 0.2) is 18.2 Å². The molecular formula is C11H15ClN2O3S. The maximum atomic E-state index is 11.5. The highest BCUT2D eigenvalue weighted by molar-refractivity contribution is 7.89. The number of hydrogen-bond donors (Lipinski definition) is 2. The molecule has 0 fully saturated rings. The highest BCUT2D eigenvalue weighted by Gasteiger charge is 2.09. The van der Waals surface area contributed by atoms with Gasteiger partial charge in [-0.1, -0.05) is 17.7 Å². The van der Waals surface area contributed by atoms with Crippen LogP contribution in [0.1, 0.15) is 12.5 Å². The van der Waals surface area contributed by atoms with Crippen LogP contribution in [0, 0.1) is 6.92 Å². The summed E-state index contributed by atoms with van der Waals surface area (Å²) in [6, 6.07) is 5.09. The number of nitrogens with one attached hydrogen (secondary N) is 2. The fourth-order valence-electron chi connectivity index (χ4n) is 1.15. The second-order valence-electron chi connectivity index (χ2n) is 3.74. The lowest BCUT2D eigenvalue weighted by Crippen LogP contribution is -2.33. The minimum absolute atomic E-state index is 0.0589. The summed E-state index contributed by atoms with van der Waals surface area (Å²) in [6.07, 6.45) is 0. The number of carbonyl (C=O) groups excluding carboxylic acids is 1. The maximum absolute atomic E-state index is 11.5.